The SMILES string of the molecule is CC1CN(CCC(=O)O)CCC1(C)C1(C2CCCCC2)CCCC(O)C1. The van der Waals surface area contributed by atoms with Crippen molar-refractivity contribution in [3.63, 3.8) is 0 Å². The Balaban J connectivity index is 1.80. The molecule has 4 atom stereocenters. The van der Waals surface area contributed by atoms with Crippen LogP contribution in [0.5, 0.6) is 0 Å². The van der Waals surface area contributed by atoms with E-state index in [1.165, 1.54) is 44.9 Å². The van der Waals surface area contributed by atoms with Gasteiger partial charge in [-0.05, 0) is 67.7 Å². The summed E-state index contributed by atoms with van der Waals surface area (Å²) >= 11 is 0. The fraction of sp³-hybridized carbons (Fsp3) is 0.955. The average molecular weight is 366 g/mol. The van der Waals surface area contributed by atoms with Gasteiger partial charge in [0.15, 0.2) is 0 Å². The zero-order valence-electron chi connectivity index (χ0n) is 16.9. The van der Waals surface area contributed by atoms with Crippen LogP contribution in [-0.4, -0.2) is 46.8 Å². The number of carbonyl (C=O) groups is 1. The van der Waals surface area contributed by atoms with Crippen molar-refractivity contribution in [3.05, 3.63) is 0 Å². The number of aliphatic hydroxyl groups is 1. The summed E-state index contributed by atoms with van der Waals surface area (Å²) in [6.45, 7) is 7.60. The number of likely N-dealkylation sites (tertiary alicyclic amines) is 1. The Bertz CT molecular complexity index is 490. The van der Waals surface area contributed by atoms with Crippen LogP contribution >= 0.6 is 0 Å². The minimum absolute atomic E-state index is 0.125. The molecule has 4 unspecified atom stereocenters. The molecule has 1 saturated heterocycles. The number of rotatable bonds is 5. The minimum Gasteiger partial charge on any atom is -0.481 e. The zero-order chi connectivity index (χ0) is 18.8. The topological polar surface area (TPSA) is 60.8 Å². The van der Waals surface area contributed by atoms with E-state index < -0.39 is 5.97 Å². The lowest BCUT2D eigenvalue weighted by Gasteiger charge is -2.62. The maximum atomic E-state index is 10.9. The van der Waals surface area contributed by atoms with Gasteiger partial charge in [-0.15, -0.1) is 0 Å². The molecule has 0 amide bonds. The van der Waals surface area contributed by atoms with Crippen LogP contribution in [0.25, 0.3) is 0 Å². The standard InChI is InChI=1S/C22H39NO3/c1-17-16-23(13-10-20(25)26)14-12-21(17,2)22(11-6-9-19(24)15-22)18-7-4-3-5-8-18/h17-19,24H,3-16H2,1-2H3,(H,25,26). The first-order valence-corrected chi connectivity index (χ1v) is 11.0. The summed E-state index contributed by atoms with van der Waals surface area (Å²) in [5, 5.41) is 19.6. The van der Waals surface area contributed by atoms with E-state index in [1.807, 2.05) is 0 Å². The molecular weight excluding hydrogens is 326 g/mol. The van der Waals surface area contributed by atoms with E-state index in [4.69, 9.17) is 5.11 Å². The van der Waals surface area contributed by atoms with E-state index in [0.717, 1.165) is 38.3 Å². The molecule has 4 heteroatoms. The summed E-state index contributed by atoms with van der Waals surface area (Å²) in [6, 6.07) is 0. The second kappa shape index (κ2) is 8.18. The fourth-order valence-corrected chi connectivity index (χ4v) is 6.80. The summed E-state index contributed by atoms with van der Waals surface area (Å²) in [5.41, 5.74) is 0.541. The van der Waals surface area contributed by atoms with Gasteiger partial charge >= 0.3 is 5.97 Å². The molecule has 0 aromatic carbocycles. The molecule has 1 aliphatic heterocycles. The van der Waals surface area contributed by atoms with Crippen LogP contribution in [0.4, 0.5) is 0 Å². The van der Waals surface area contributed by atoms with Gasteiger partial charge in [-0.2, -0.15) is 0 Å². The molecule has 0 bridgehead atoms. The van der Waals surface area contributed by atoms with E-state index in [1.54, 1.807) is 0 Å². The molecule has 4 nitrogen and oxygen atoms in total. The third-order valence-corrected chi connectivity index (χ3v) is 8.49. The van der Waals surface area contributed by atoms with Crippen molar-refractivity contribution in [3.8, 4) is 0 Å². The van der Waals surface area contributed by atoms with Crippen LogP contribution in [0.2, 0.25) is 0 Å². The summed E-state index contributed by atoms with van der Waals surface area (Å²) in [7, 11) is 0. The van der Waals surface area contributed by atoms with Gasteiger partial charge in [0.25, 0.3) is 0 Å². The van der Waals surface area contributed by atoms with Crippen molar-refractivity contribution in [1.82, 2.24) is 4.90 Å². The lowest BCUT2D eigenvalue weighted by atomic mass is 9.45. The smallest absolute Gasteiger partial charge is 0.304 e. The predicted octanol–water partition coefficient (Wildman–Crippen LogP) is 4.31. The summed E-state index contributed by atoms with van der Waals surface area (Å²) in [5.74, 6) is 0.626. The first-order chi connectivity index (χ1) is 12.4. The van der Waals surface area contributed by atoms with Gasteiger partial charge in [-0.25, -0.2) is 0 Å². The van der Waals surface area contributed by atoms with Crippen LogP contribution in [0.1, 0.15) is 84.5 Å². The molecule has 3 fully saturated rings. The number of carboxylic acids is 1. The van der Waals surface area contributed by atoms with E-state index in [2.05, 4.69) is 18.7 Å². The maximum absolute atomic E-state index is 10.9. The van der Waals surface area contributed by atoms with Gasteiger partial charge in [-0.1, -0.05) is 39.5 Å². The third kappa shape index (κ3) is 3.82. The molecule has 0 radical (unpaired) electrons. The monoisotopic (exact) mass is 365 g/mol. The number of piperidine rings is 1. The van der Waals surface area contributed by atoms with Gasteiger partial charge in [-0.3, -0.25) is 4.79 Å². The Morgan fingerprint density at radius 1 is 1.12 bits per heavy atom. The van der Waals surface area contributed by atoms with Crippen molar-refractivity contribution in [2.24, 2.45) is 22.7 Å². The molecule has 0 aromatic heterocycles. The molecule has 2 aliphatic carbocycles. The summed E-state index contributed by atoms with van der Waals surface area (Å²) in [4.78, 5) is 13.3. The average Bonchev–Trinajstić information content (AvgIpc) is 2.63. The van der Waals surface area contributed by atoms with Gasteiger partial charge in [0, 0.05) is 13.1 Å². The van der Waals surface area contributed by atoms with Crippen molar-refractivity contribution in [2.75, 3.05) is 19.6 Å². The van der Waals surface area contributed by atoms with Gasteiger partial charge in [0.2, 0.25) is 0 Å². The van der Waals surface area contributed by atoms with Crippen molar-refractivity contribution in [1.29, 1.82) is 0 Å². The highest BCUT2D eigenvalue weighted by Gasteiger charge is 2.57. The molecule has 3 aliphatic rings. The number of hydrogen-bond donors (Lipinski definition) is 2. The number of aliphatic hydroxyl groups excluding tert-OH is 1. The van der Waals surface area contributed by atoms with Crippen molar-refractivity contribution < 1.29 is 15.0 Å². The molecule has 0 spiro atoms. The normalized spacial score (nSPS) is 40.4. The Morgan fingerprint density at radius 3 is 2.46 bits per heavy atom. The van der Waals surface area contributed by atoms with E-state index >= 15 is 0 Å². The highest BCUT2D eigenvalue weighted by atomic mass is 16.4. The van der Waals surface area contributed by atoms with Gasteiger partial charge < -0.3 is 15.1 Å². The van der Waals surface area contributed by atoms with Crippen molar-refractivity contribution >= 4 is 5.97 Å². The van der Waals surface area contributed by atoms with Crippen LogP contribution in [0.15, 0.2) is 0 Å². The molecule has 3 rings (SSSR count). The molecule has 2 N–H and O–H groups in total. The first-order valence-electron chi connectivity index (χ1n) is 11.0. The quantitative estimate of drug-likeness (QED) is 0.762. The maximum Gasteiger partial charge on any atom is 0.304 e. The summed E-state index contributed by atoms with van der Waals surface area (Å²) in [6.07, 6.45) is 12.5. The van der Waals surface area contributed by atoms with Gasteiger partial charge in [0.05, 0.1) is 12.5 Å². The Morgan fingerprint density at radius 2 is 1.85 bits per heavy atom. The Hall–Kier alpha value is -0.610. The number of carboxylic acid groups (broad SMARTS) is 1. The molecule has 1 heterocycles. The van der Waals surface area contributed by atoms with Crippen LogP contribution in [0, 0.1) is 22.7 Å². The molecule has 2 saturated carbocycles. The number of nitrogens with zero attached hydrogens (tertiary/aromatic N) is 1. The zero-order valence-corrected chi connectivity index (χ0v) is 16.9. The highest BCUT2D eigenvalue weighted by Crippen LogP contribution is 2.63. The van der Waals surface area contributed by atoms with Gasteiger partial charge in [0.1, 0.15) is 0 Å². The largest absolute Gasteiger partial charge is 0.481 e. The highest BCUT2D eigenvalue weighted by molar-refractivity contribution is 5.66. The van der Waals surface area contributed by atoms with Crippen LogP contribution < -0.4 is 0 Å². The summed E-state index contributed by atoms with van der Waals surface area (Å²) < 4.78 is 0. The van der Waals surface area contributed by atoms with E-state index in [9.17, 15) is 9.90 Å². The number of hydrogen-bond acceptors (Lipinski definition) is 3. The molecule has 26 heavy (non-hydrogen) atoms. The third-order valence-electron chi connectivity index (χ3n) is 8.49. The Labute approximate surface area is 159 Å². The predicted molar refractivity (Wildman–Crippen MR) is 104 cm³/mol. The molecular formula is C22H39NO3. The fourth-order valence-electron chi connectivity index (χ4n) is 6.80. The lowest BCUT2D eigenvalue weighted by molar-refractivity contribution is -0.145. The van der Waals surface area contributed by atoms with Crippen molar-refractivity contribution in [2.45, 2.75) is 90.6 Å². The second-order valence-corrected chi connectivity index (χ2v) is 9.75. The van der Waals surface area contributed by atoms with Crippen LogP contribution in [0.3, 0.4) is 0 Å². The van der Waals surface area contributed by atoms with E-state index in [0.29, 0.717) is 12.5 Å². The van der Waals surface area contributed by atoms with Crippen LogP contribution in [-0.2, 0) is 4.79 Å². The molecule has 0 aromatic rings. The van der Waals surface area contributed by atoms with E-state index in [-0.39, 0.29) is 23.4 Å². The minimum atomic E-state index is -0.694. The first kappa shape index (κ1) is 20.1. The lowest BCUT2D eigenvalue weighted by Crippen LogP contribution is -2.58. The second-order valence-electron chi connectivity index (χ2n) is 9.75. The molecule has 150 valence electrons. The number of aliphatic carboxylic acids is 1. The Kier molecular flexibility index (Phi) is 6.33.